The summed E-state index contributed by atoms with van der Waals surface area (Å²) in [6.45, 7) is 12.6. The molecule has 4 fully saturated rings. The molecule has 3 amide bonds. The van der Waals surface area contributed by atoms with Crippen molar-refractivity contribution in [3.05, 3.63) is 97.2 Å². The second-order valence-electron chi connectivity index (χ2n) is 24.5. The van der Waals surface area contributed by atoms with E-state index in [0.717, 1.165) is 72.1 Å². The second kappa shape index (κ2) is 34.6. The summed E-state index contributed by atoms with van der Waals surface area (Å²) in [5.41, 5.74) is 29.8. The minimum atomic E-state index is -4.56. The summed E-state index contributed by atoms with van der Waals surface area (Å²) in [5, 5.41) is 2.56. The zero-order valence-electron chi connectivity index (χ0n) is 55.0. The Morgan fingerprint density at radius 1 is 0.495 bits per heavy atom. The third-order valence-electron chi connectivity index (χ3n) is 15.1. The molecule has 4 aliphatic heterocycles. The van der Waals surface area contributed by atoms with E-state index in [2.05, 4.69) is 40.0 Å². The topological polar surface area (TPSA) is 348 Å². The molecule has 26 nitrogen and oxygen atoms in total. The first-order valence-corrected chi connectivity index (χ1v) is 30.6. The van der Waals surface area contributed by atoms with E-state index in [1.54, 1.807) is 91.4 Å². The number of nitrogens with one attached hydrogen (secondary N) is 1. The normalized spacial score (nSPS) is 17.7. The van der Waals surface area contributed by atoms with E-state index < -0.39 is 54.4 Å². The number of carbonyl (C=O) groups excluding carboxylic acids is 5. The summed E-state index contributed by atoms with van der Waals surface area (Å²) >= 11 is 0. The fourth-order valence-electron chi connectivity index (χ4n) is 10.1. The molecule has 32 heteroatoms. The van der Waals surface area contributed by atoms with Gasteiger partial charge in [-0.3, -0.25) is 19.3 Å². The molecule has 4 saturated heterocycles. The molecule has 0 aliphatic carbocycles. The average molecular weight is 1340 g/mol. The number of ether oxygens (including phenoxy) is 4. The quantitative estimate of drug-likeness (QED) is 0.0466. The number of hydrogen-bond donors (Lipinski definition) is 6. The molecule has 9 rings (SSSR count). The number of alkyl halides is 6. The van der Waals surface area contributed by atoms with Gasteiger partial charge in [0.05, 0.1) is 80.1 Å². The zero-order valence-corrected chi connectivity index (χ0v) is 55.0. The highest BCUT2D eigenvalue weighted by Crippen LogP contribution is 2.34. The standard InChI is InChI=1S/2C15H21F3N4O2.2C12H17N3O2.C9H13N3O/c1-14(2,3)24-13(23)21-6-7-22(11(9-21)15(16,17)18)10-4-5-12(19)20-8-10;1-14(2,3)24-13(23)22-7-6-21(9-11(22)15(16,17)18)10-4-5-12(19)20-8-10;1-17-12(16)9-4-6-15(7-5-9)10-2-3-11(13)14-8-10;1-17-12(16)9-3-2-6-15(8-9)10-4-5-11(13)14-7-10;1-11-9(13)5-3-7-2-4-8(10)12-6-7/h2*4-5,8,11H,6-7,9H2,1-3H3,(H2,19,20);2-3,8-9H,4-7H2,1H3,(H2,13,14);4-5,7,9H,2-3,6,8H2,1H3,(H2,13,14);2,4,6H,3,5H2,1H3,(H2,10,12)(H,11,13). The number of halogens is 6. The van der Waals surface area contributed by atoms with Gasteiger partial charge in [0.1, 0.15) is 52.4 Å². The van der Waals surface area contributed by atoms with Crippen LogP contribution in [-0.4, -0.2) is 187 Å². The number of nitrogens with two attached hydrogens (primary N) is 5. The molecule has 5 aromatic rings. The summed E-state index contributed by atoms with van der Waals surface area (Å²) in [6.07, 6.45) is 1.91. The lowest BCUT2D eigenvalue weighted by Gasteiger charge is -2.43. The maximum Gasteiger partial charge on any atom is 0.410 e. The number of amides is 3. The van der Waals surface area contributed by atoms with Crippen molar-refractivity contribution in [1.82, 2.24) is 40.0 Å². The van der Waals surface area contributed by atoms with Gasteiger partial charge in [-0.25, -0.2) is 34.5 Å². The minimum Gasteiger partial charge on any atom is -0.469 e. The monoisotopic (exact) mass is 1340 g/mol. The summed E-state index contributed by atoms with van der Waals surface area (Å²) in [6, 6.07) is 13.4. The van der Waals surface area contributed by atoms with Crippen LogP contribution in [0.1, 0.15) is 79.2 Å². The van der Waals surface area contributed by atoms with Crippen LogP contribution in [0.2, 0.25) is 0 Å². The van der Waals surface area contributed by atoms with Crippen molar-refractivity contribution in [3.8, 4) is 0 Å². The van der Waals surface area contributed by atoms with E-state index in [-0.39, 0.29) is 68.2 Å². The van der Waals surface area contributed by atoms with Gasteiger partial charge in [0, 0.05) is 78.6 Å². The number of hydrogen-bond acceptors (Lipinski definition) is 23. The molecular weight excluding hydrogens is 1250 g/mol. The Bertz CT molecular complexity index is 3210. The summed E-state index contributed by atoms with van der Waals surface area (Å²) in [7, 11) is 4.51. The number of piperidine rings is 2. The van der Waals surface area contributed by atoms with Crippen molar-refractivity contribution in [2.45, 2.75) is 116 Å². The van der Waals surface area contributed by atoms with E-state index in [1.807, 2.05) is 18.2 Å². The number of esters is 2. The Labute approximate surface area is 549 Å². The van der Waals surface area contributed by atoms with Crippen LogP contribution in [0.25, 0.3) is 0 Å². The molecule has 0 bridgehead atoms. The van der Waals surface area contributed by atoms with E-state index in [9.17, 15) is 50.3 Å². The van der Waals surface area contributed by atoms with Gasteiger partial charge in [0.25, 0.3) is 0 Å². The highest BCUT2D eigenvalue weighted by molar-refractivity contribution is 5.76. The van der Waals surface area contributed by atoms with Gasteiger partial charge < -0.3 is 77.4 Å². The van der Waals surface area contributed by atoms with Crippen LogP contribution in [0.4, 0.5) is 87.8 Å². The molecule has 0 spiro atoms. The average Bonchev–Trinajstić information content (AvgIpc) is 0.838. The molecular formula is C63H89F6N17O9. The number of nitrogen functional groups attached to an aromatic ring is 5. The van der Waals surface area contributed by atoms with Crippen molar-refractivity contribution < 1.29 is 69.3 Å². The number of piperazine rings is 2. The minimum absolute atomic E-state index is 0.0228. The van der Waals surface area contributed by atoms with Gasteiger partial charge in [-0.15, -0.1) is 0 Å². The predicted molar refractivity (Wildman–Crippen MR) is 350 cm³/mol. The maximum absolute atomic E-state index is 13.5. The van der Waals surface area contributed by atoms with Crippen LogP contribution in [0, 0.1) is 11.8 Å². The molecule has 522 valence electrons. The Balaban J connectivity index is 0.000000219. The number of nitrogens with zero attached hydrogens (tertiary/aromatic N) is 11. The largest absolute Gasteiger partial charge is 0.469 e. The number of anilines is 9. The Kier molecular flexibility index (Phi) is 27.7. The van der Waals surface area contributed by atoms with Crippen LogP contribution in [0.5, 0.6) is 0 Å². The first-order chi connectivity index (χ1) is 44.6. The SMILES string of the molecule is CC(C)(C)OC(=O)N1CCN(c2ccc(N)nc2)C(C(F)(F)F)C1.CC(C)(C)OC(=O)N1CCN(c2ccc(N)nc2)CC1C(F)(F)F.CNC(=O)CCc1ccc(N)nc1.COC(=O)C1CCCN(c2ccc(N)nc2)C1.COC(=O)C1CCN(c2ccc(N)nc2)CC1. The molecule has 5 aromatic heterocycles. The molecule has 0 saturated carbocycles. The number of carbonyl (C=O) groups is 5. The summed E-state index contributed by atoms with van der Waals surface area (Å²) < 4.78 is 100. The highest BCUT2D eigenvalue weighted by atomic mass is 19.4. The third kappa shape index (κ3) is 25.0. The maximum atomic E-state index is 13.5. The molecule has 3 atom stereocenters. The second-order valence-corrected chi connectivity index (χ2v) is 24.5. The van der Waals surface area contributed by atoms with Gasteiger partial charge >= 0.3 is 36.5 Å². The van der Waals surface area contributed by atoms with Crippen LogP contribution in [-0.2, 0) is 39.8 Å². The lowest BCUT2D eigenvalue weighted by molar-refractivity contribution is -0.181. The van der Waals surface area contributed by atoms with Crippen LogP contribution < -0.4 is 53.6 Å². The number of pyridine rings is 5. The number of methoxy groups -OCH3 is 2. The van der Waals surface area contributed by atoms with Gasteiger partial charge in [-0.1, -0.05) is 6.07 Å². The first-order valence-electron chi connectivity index (χ1n) is 30.6. The first kappa shape index (κ1) is 76.2. The van der Waals surface area contributed by atoms with Gasteiger partial charge in [0.2, 0.25) is 5.91 Å². The van der Waals surface area contributed by atoms with Crippen molar-refractivity contribution in [3.63, 3.8) is 0 Å². The van der Waals surface area contributed by atoms with Crippen molar-refractivity contribution in [1.29, 1.82) is 0 Å². The van der Waals surface area contributed by atoms with E-state index in [1.165, 1.54) is 54.6 Å². The molecule has 11 N–H and O–H groups in total. The third-order valence-corrected chi connectivity index (χ3v) is 15.1. The number of aryl methyl sites for hydroxylation is 1. The molecule has 0 radical (unpaired) electrons. The number of aromatic nitrogens is 5. The van der Waals surface area contributed by atoms with E-state index in [4.69, 9.17) is 47.6 Å². The van der Waals surface area contributed by atoms with Crippen molar-refractivity contribution >= 4 is 81.9 Å². The van der Waals surface area contributed by atoms with Gasteiger partial charge in [0.15, 0.2) is 0 Å². The van der Waals surface area contributed by atoms with Gasteiger partial charge in [-0.2, -0.15) is 26.3 Å². The van der Waals surface area contributed by atoms with E-state index in [0.29, 0.717) is 54.0 Å². The Morgan fingerprint density at radius 3 is 1.37 bits per heavy atom. The van der Waals surface area contributed by atoms with Crippen LogP contribution in [0.3, 0.4) is 0 Å². The number of rotatable bonds is 9. The Hall–Kier alpha value is -9.52. The fraction of sp³-hybridized carbons (Fsp3) is 0.524. The van der Waals surface area contributed by atoms with Crippen LogP contribution >= 0.6 is 0 Å². The van der Waals surface area contributed by atoms with Crippen molar-refractivity contribution in [2.24, 2.45) is 11.8 Å². The fourth-order valence-corrected chi connectivity index (χ4v) is 10.1. The summed E-state index contributed by atoms with van der Waals surface area (Å²) in [5.74, 6) is 1.88. The van der Waals surface area contributed by atoms with Crippen molar-refractivity contribution in [2.75, 3.05) is 135 Å². The van der Waals surface area contributed by atoms with Crippen LogP contribution in [0.15, 0.2) is 91.6 Å². The smallest absolute Gasteiger partial charge is 0.410 e. The lowest BCUT2D eigenvalue weighted by Crippen LogP contribution is -2.61. The molecule has 95 heavy (non-hydrogen) atoms. The highest BCUT2D eigenvalue weighted by Gasteiger charge is 2.50. The molecule has 0 aromatic carbocycles. The Morgan fingerprint density at radius 2 is 0.937 bits per heavy atom. The zero-order chi connectivity index (χ0) is 70.4. The lowest BCUT2D eigenvalue weighted by atomic mass is 9.97. The van der Waals surface area contributed by atoms with Gasteiger partial charge in [-0.05, 0) is 134 Å². The molecule has 3 unspecified atom stereocenters. The molecule has 9 heterocycles. The van der Waals surface area contributed by atoms with E-state index >= 15 is 0 Å². The predicted octanol–water partition coefficient (Wildman–Crippen LogP) is 7.75. The molecule has 4 aliphatic rings. The summed E-state index contributed by atoms with van der Waals surface area (Å²) in [4.78, 5) is 86.7.